The molecule has 2 aromatic rings. The first-order chi connectivity index (χ1) is 7.54. The number of hydrogen-bond acceptors (Lipinski definition) is 2. The average Bonchev–Trinajstić information content (AvgIpc) is 2.26. The third-order valence-corrected chi connectivity index (χ3v) is 2.28. The van der Waals surface area contributed by atoms with E-state index in [1.807, 2.05) is 0 Å². The molecular formula is C11H8F3NO. The number of methoxy groups -OCH3 is 1. The van der Waals surface area contributed by atoms with Gasteiger partial charge in [-0.25, -0.2) is 0 Å². The van der Waals surface area contributed by atoms with Crippen LogP contribution in [0.25, 0.3) is 10.8 Å². The van der Waals surface area contributed by atoms with Crippen LogP contribution in [0.4, 0.5) is 13.2 Å². The number of aromatic nitrogens is 1. The van der Waals surface area contributed by atoms with E-state index < -0.39 is 11.7 Å². The number of hydrogen-bond donors (Lipinski definition) is 0. The van der Waals surface area contributed by atoms with Crippen molar-refractivity contribution in [3.05, 3.63) is 36.2 Å². The number of fused-ring (bicyclic) bond motifs is 1. The molecule has 1 aromatic heterocycles. The largest absolute Gasteiger partial charge is 0.495 e. The average molecular weight is 227 g/mol. The molecule has 0 atom stereocenters. The molecule has 0 bridgehead atoms. The highest BCUT2D eigenvalue weighted by Crippen LogP contribution is 2.39. The molecule has 0 aliphatic carbocycles. The summed E-state index contributed by atoms with van der Waals surface area (Å²) in [5, 5.41) is 1.03. The molecule has 0 amide bonds. The van der Waals surface area contributed by atoms with Crippen LogP contribution in [0, 0.1) is 0 Å². The second-order valence-corrected chi connectivity index (χ2v) is 3.24. The summed E-state index contributed by atoms with van der Waals surface area (Å²) in [5.41, 5.74) is -0.770. The fraction of sp³-hybridized carbons (Fsp3) is 0.182. The molecule has 0 saturated heterocycles. The zero-order valence-corrected chi connectivity index (χ0v) is 8.38. The zero-order chi connectivity index (χ0) is 11.8. The molecule has 0 unspecified atom stereocenters. The van der Waals surface area contributed by atoms with Gasteiger partial charge in [0.2, 0.25) is 0 Å². The van der Waals surface area contributed by atoms with Crippen LogP contribution in [0.15, 0.2) is 30.6 Å². The SMILES string of the molecule is COc1c(C(F)(F)F)ccc2cnccc12. The fourth-order valence-electron chi connectivity index (χ4n) is 1.58. The quantitative estimate of drug-likeness (QED) is 0.745. The summed E-state index contributed by atoms with van der Waals surface area (Å²) in [6.07, 6.45) is -1.48. The summed E-state index contributed by atoms with van der Waals surface area (Å²) in [6, 6.07) is 3.89. The number of halogens is 3. The highest BCUT2D eigenvalue weighted by atomic mass is 19.4. The molecule has 2 rings (SSSR count). The van der Waals surface area contributed by atoms with Crippen LogP contribution in [-0.2, 0) is 6.18 Å². The van der Waals surface area contributed by atoms with Gasteiger partial charge in [-0.1, -0.05) is 6.07 Å². The van der Waals surface area contributed by atoms with E-state index in [0.29, 0.717) is 10.8 Å². The Morgan fingerprint density at radius 3 is 2.56 bits per heavy atom. The number of pyridine rings is 1. The predicted octanol–water partition coefficient (Wildman–Crippen LogP) is 3.26. The second-order valence-electron chi connectivity index (χ2n) is 3.24. The lowest BCUT2D eigenvalue weighted by molar-refractivity contribution is -0.138. The fourth-order valence-corrected chi connectivity index (χ4v) is 1.58. The topological polar surface area (TPSA) is 22.1 Å². The van der Waals surface area contributed by atoms with Crippen molar-refractivity contribution in [3.8, 4) is 5.75 Å². The van der Waals surface area contributed by atoms with Crippen molar-refractivity contribution in [2.24, 2.45) is 0 Å². The first-order valence-corrected chi connectivity index (χ1v) is 4.52. The summed E-state index contributed by atoms with van der Waals surface area (Å²) in [7, 11) is 1.23. The first-order valence-electron chi connectivity index (χ1n) is 4.52. The van der Waals surface area contributed by atoms with Gasteiger partial charge in [0, 0.05) is 23.2 Å². The lowest BCUT2D eigenvalue weighted by Crippen LogP contribution is -2.07. The number of benzene rings is 1. The summed E-state index contributed by atoms with van der Waals surface area (Å²) in [6.45, 7) is 0. The van der Waals surface area contributed by atoms with E-state index in [1.54, 1.807) is 0 Å². The molecule has 0 aliphatic heterocycles. The molecule has 2 nitrogen and oxygen atoms in total. The van der Waals surface area contributed by atoms with Gasteiger partial charge in [-0.15, -0.1) is 0 Å². The van der Waals surface area contributed by atoms with Gasteiger partial charge in [-0.05, 0) is 12.1 Å². The van der Waals surface area contributed by atoms with Crippen LogP contribution >= 0.6 is 0 Å². The standard InChI is InChI=1S/C11H8F3NO/c1-16-10-8-4-5-15-6-7(8)2-3-9(10)11(12,13)14/h2-6H,1H3. The van der Waals surface area contributed by atoms with Crippen LogP contribution in [0.3, 0.4) is 0 Å². The number of alkyl halides is 3. The minimum atomic E-state index is -4.41. The predicted molar refractivity (Wildman–Crippen MR) is 53.3 cm³/mol. The van der Waals surface area contributed by atoms with E-state index in [4.69, 9.17) is 4.74 Å². The third-order valence-electron chi connectivity index (χ3n) is 2.28. The Morgan fingerprint density at radius 2 is 1.94 bits per heavy atom. The summed E-state index contributed by atoms with van der Waals surface area (Å²) < 4.78 is 42.8. The van der Waals surface area contributed by atoms with Crippen molar-refractivity contribution < 1.29 is 17.9 Å². The molecule has 84 valence electrons. The summed E-state index contributed by atoms with van der Waals surface area (Å²) in [4.78, 5) is 3.84. The van der Waals surface area contributed by atoms with Gasteiger partial charge in [0.15, 0.2) is 0 Å². The molecule has 0 radical (unpaired) electrons. The minimum Gasteiger partial charge on any atom is -0.495 e. The van der Waals surface area contributed by atoms with E-state index in [9.17, 15) is 13.2 Å². The highest BCUT2D eigenvalue weighted by Gasteiger charge is 2.34. The minimum absolute atomic E-state index is 0.160. The van der Waals surface area contributed by atoms with Crippen molar-refractivity contribution in [2.75, 3.05) is 7.11 Å². The van der Waals surface area contributed by atoms with E-state index in [0.717, 1.165) is 6.07 Å². The van der Waals surface area contributed by atoms with Crippen LogP contribution in [0.1, 0.15) is 5.56 Å². The van der Waals surface area contributed by atoms with Crippen molar-refractivity contribution in [3.63, 3.8) is 0 Å². The maximum absolute atomic E-state index is 12.7. The van der Waals surface area contributed by atoms with Gasteiger partial charge in [-0.3, -0.25) is 4.98 Å². The lowest BCUT2D eigenvalue weighted by Gasteiger charge is -2.13. The molecule has 0 saturated carbocycles. The van der Waals surface area contributed by atoms with Gasteiger partial charge in [0.25, 0.3) is 0 Å². The lowest BCUT2D eigenvalue weighted by atomic mass is 10.1. The number of rotatable bonds is 1. The molecule has 0 aliphatic rings. The molecule has 0 spiro atoms. The van der Waals surface area contributed by atoms with Crippen molar-refractivity contribution >= 4 is 10.8 Å². The van der Waals surface area contributed by atoms with Gasteiger partial charge < -0.3 is 4.74 Å². The molecule has 16 heavy (non-hydrogen) atoms. The Morgan fingerprint density at radius 1 is 1.19 bits per heavy atom. The van der Waals surface area contributed by atoms with Gasteiger partial charge in [-0.2, -0.15) is 13.2 Å². The van der Waals surface area contributed by atoms with E-state index >= 15 is 0 Å². The molecule has 1 aromatic carbocycles. The van der Waals surface area contributed by atoms with Gasteiger partial charge in [0.1, 0.15) is 5.75 Å². The number of nitrogens with zero attached hydrogens (tertiary/aromatic N) is 1. The van der Waals surface area contributed by atoms with E-state index in [1.165, 1.54) is 31.6 Å². The summed E-state index contributed by atoms with van der Waals surface area (Å²) in [5.74, 6) is -0.160. The van der Waals surface area contributed by atoms with Gasteiger partial charge >= 0.3 is 6.18 Å². The maximum Gasteiger partial charge on any atom is 0.419 e. The van der Waals surface area contributed by atoms with E-state index in [-0.39, 0.29) is 5.75 Å². The monoisotopic (exact) mass is 227 g/mol. The molecule has 0 N–H and O–H groups in total. The van der Waals surface area contributed by atoms with Crippen LogP contribution in [0.2, 0.25) is 0 Å². The van der Waals surface area contributed by atoms with Crippen LogP contribution < -0.4 is 4.74 Å². The van der Waals surface area contributed by atoms with Crippen molar-refractivity contribution in [1.29, 1.82) is 0 Å². The molecule has 5 heteroatoms. The van der Waals surface area contributed by atoms with E-state index in [2.05, 4.69) is 4.98 Å². The van der Waals surface area contributed by atoms with Crippen LogP contribution in [-0.4, -0.2) is 12.1 Å². The maximum atomic E-state index is 12.7. The Labute approximate surface area is 89.7 Å². The Hall–Kier alpha value is -1.78. The molecule has 0 fully saturated rings. The highest BCUT2D eigenvalue weighted by molar-refractivity contribution is 5.89. The first kappa shape index (κ1) is 10.7. The Bertz CT molecular complexity index is 522. The van der Waals surface area contributed by atoms with Crippen molar-refractivity contribution in [2.45, 2.75) is 6.18 Å². The van der Waals surface area contributed by atoms with Crippen LogP contribution in [0.5, 0.6) is 5.75 Å². The Kier molecular flexibility index (Phi) is 2.46. The normalized spacial score (nSPS) is 11.8. The molecular weight excluding hydrogens is 219 g/mol. The third kappa shape index (κ3) is 1.68. The molecule has 1 heterocycles. The second kappa shape index (κ2) is 3.66. The van der Waals surface area contributed by atoms with Crippen molar-refractivity contribution in [1.82, 2.24) is 4.98 Å². The summed E-state index contributed by atoms with van der Waals surface area (Å²) >= 11 is 0. The zero-order valence-electron chi connectivity index (χ0n) is 8.38. The Balaban J connectivity index is 2.78. The van der Waals surface area contributed by atoms with Gasteiger partial charge in [0.05, 0.1) is 12.7 Å². The smallest absolute Gasteiger partial charge is 0.419 e. The number of ether oxygens (including phenoxy) is 1.